The number of rotatable bonds is 9. The van der Waals surface area contributed by atoms with E-state index in [4.69, 9.17) is 4.74 Å². The van der Waals surface area contributed by atoms with Gasteiger partial charge in [0.2, 0.25) is 0 Å². The molecule has 0 radical (unpaired) electrons. The van der Waals surface area contributed by atoms with E-state index in [1.807, 2.05) is 32.0 Å². The molecule has 5 nitrogen and oxygen atoms in total. The van der Waals surface area contributed by atoms with Crippen molar-refractivity contribution >= 4 is 33.4 Å². The van der Waals surface area contributed by atoms with Gasteiger partial charge in [0.1, 0.15) is 5.75 Å². The summed E-state index contributed by atoms with van der Waals surface area (Å²) in [5, 5.41) is 5.69. The van der Waals surface area contributed by atoms with E-state index >= 15 is 0 Å². The average Bonchev–Trinajstić information content (AvgIpc) is 2.72. The fraction of sp³-hybridized carbons (Fsp3) is 0.391. The molecule has 0 aromatic heterocycles. The smallest absolute Gasteiger partial charge is 0.262 e. The Morgan fingerprint density at radius 2 is 1.72 bits per heavy atom. The molecule has 156 valence electrons. The van der Waals surface area contributed by atoms with E-state index in [0.717, 1.165) is 17.3 Å². The normalized spacial score (nSPS) is 12.7. The summed E-state index contributed by atoms with van der Waals surface area (Å²) in [6, 6.07) is 12.9. The fourth-order valence-electron chi connectivity index (χ4n) is 2.63. The van der Waals surface area contributed by atoms with Gasteiger partial charge < -0.3 is 15.4 Å². The standard InChI is InChI=1S/C23H29BrN2O3/c1-5-15(3)18-9-12-21(20(24)13-18)29-14-22(27)26-19-10-7-17(8-11-19)23(28)25-16(4)6-2/h7-13,15-16H,5-6,14H2,1-4H3,(H,25,28)(H,26,27). The first-order valence-corrected chi connectivity index (χ1v) is 10.8. The second-order valence-electron chi connectivity index (χ2n) is 7.20. The summed E-state index contributed by atoms with van der Waals surface area (Å²) in [6.07, 6.45) is 1.93. The number of hydrogen-bond donors (Lipinski definition) is 2. The number of anilines is 1. The maximum absolute atomic E-state index is 12.2. The lowest BCUT2D eigenvalue weighted by atomic mass is 9.99. The van der Waals surface area contributed by atoms with Crippen LogP contribution in [-0.4, -0.2) is 24.5 Å². The van der Waals surface area contributed by atoms with Gasteiger partial charge in [-0.3, -0.25) is 9.59 Å². The summed E-state index contributed by atoms with van der Waals surface area (Å²) in [4.78, 5) is 24.3. The Balaban J connectivity index is 1.89. The van der Waals surface area contributed by atoms with Crippen molar-refractivity contribution in [1.29, 1.82) is 0 Å². The van der Waals surface area contributed by atoms with Gasteiger partial charge in [-0.15, -0.1) is 0 Å². The van der Waals surface area contributed by atoms with E-state index in [0.29, 0.717) is 22.9 Å². The van der Waals surface area contributed by atoms with Gasteiger partial charge in [0, 0.05) is 17.3 Å². The van der Waals surface area contributed by atoms with Crippen molar-refractivity contribution in [2.24, 2.45) is 0 Å². The molecule has 0 saturated heterocycles. The van der Waals surface area contributed by atoms with Gasteiger partial charge in [-0.2, -0.15) is 0 Å². The summed E-state index contributed by atoms with van der Waals surface area (Å²) in [5.74, 6) is 0.717. The number of ether oxygens (including phenoxy) is 1. The van der Waals surface area contributed by atoms with Crippen LogP contribution in [0.5, 0.6) is 5.75 Å². The zero-order valence-corrected chi connectivity index (χ0v) is 19.0. The highest BCUT2D eigenvalue weighted by atomic mass is 79.9. The molecule has 0 aliphatic carbocycles. The zero-order valence-electron chi connectivity index (χ0n) is 17.4. The third-order valence-corrected chi connectivity index (χ3v) is 5.54. The highest BCUT2D eigenvalue weighted by molar-refractivity contribution is 9.10. The first kappa shape index (κ1) is 22.9. The molecule has 0 saturated carbocycles. The van der Waals surface area contributed by atoms with Gasteiger partial charge in [-0.25, -0.2) is 0 Å². The highest BCUT2D eigenvalue weighted by Crippen LogP contribution is 2.30. The van der Waals surface area contributed by atoms with Gasteiger partial charge in [0.05, 0.1) is 4.47 Å². The van der Waals surface area contributed by atoms with Crippen molar-refractivity contribution in [1.82, 2.24) is 5.32 Å². The Hall–Kier alpha value is -2.34. The monoisotopic (exact) mass is 460 g/mol. The van der Waals surface area contributed by atoms with E-state index < -0.39 is 0 Å². The van der Waals surface area contributed by atoms with Crippen molar-refractivity contribution in [3.8, 4) is 5.75 Å². The van der Waals surface area contributed by atoms with E-state index in [2.05, 4.69) is 40.4 Å². The van der Waals surface area contributed by atoms with Crippen LogP contribution in [0.15, 0.2) is 46.9 Å². The Bertz CT molecular complexity index is 837. The molecule has 2 aromatic rings. The Morgan fingerprint density at radius 1 is 1.03 bits per heavy atom. The maximum atomic E-state index is 12.2. The molecule has 2 amide bonds. The number of hydrogen-bond acceptors (Lipinski definition) is 3. The summed E-state index contributed by atoms with van der Waals surface area (Å²) in [5.41, 5.74) is 2.41. The van der Waals surface area contributed by atoms with E-state index in [-0.39, 0.29) is 24.5 Å². The molecule has 6 heteroatoms. The van der Waals surface area contributed by atoms with Gasteiger partial charge in [-0.05, 0) is 83.6 Å². The summed E-state index contributed by atoms with van der Waals surface area (Å²) in [7, 11) is 0. The first-order valence-electron chi connectivity index (χ1n) is 9.97. The second-order valence-corrected chi connectivity index (χ2v) is 8.05. The molecule has 0 fully saturated rings. The van der Waals surface area contributed by atoms with Crippen LogP contribution in [0.3, 0.4) is 0 Å². The largest absolute Gasteiger partial charge is 0.483 e. The molecular formula is C23H29BrN2O3. The Labute approximate surface area is 181 Å². The number of benzene rings is 2. The van der Waals surface area contributed by atoms with Crippen molar-refractivity contribution in [2.75, 3.05) is 11.9 Å². The minimum absolute atomic E-state index is 0.0997. The van der Waals surface area contributed by atoms with Gasteiger partial charge >= 0.3 is 0 Å². The topological polar surface area (TPSA) is 67.4 Å². The summed E-state index contributed by atoms with van der Waals surface area (Å²) >= 11 is 3.51. The van der Waals surface area contributed by atoms with Gasteiger partial charge in [0.25, 0.3) is 11.8 Å². The number of carbonyl (C=O) groups excluding carboxylic acids is 2. The lowest BCUT2D eigenvalue weighted by Crippen LogP contribution is -2.31. The Morgan fingerprint density at radius 3 is 2.31 bits per heavy atom. The number of halogens is 1. The zero-order chi connectivity index (χ0) is 21.4. The molecule has 0 aliphatic heterocycles. The van der Waals surface area contributed by atoms with Crippen LogP contribution in [0.4, 0.5) is 5.69 Å². The first-order chi connectivity index (χ1) is 13.8. The predicted molar refractivity (Wildman–Crippen MR) is 121 cm³/mol. The van der Waals surface area contributed by atoms with Gasteiger partial charge in [0.15, 0.2) is 6.61 Å². The molecule has 0 bridgehead atoms. The molecule has 2 atom stereocenters. The summed E-state index contributed by atoms with van der Waals surface area (Å²) < 4.78 is 6.47. The third-order valence-electron chi connectivity index (χ3n) is 4.92. The second kappa shape index (κ2) is 11.0. The SMILES string of the molecule is CCC(C)NC(=O)c1ccc(NC(=O)COc2ccc(C(C)CC)cc2Br)cc1. The average molecular weight is 461 g/mol. The minimum atomic E-state index is -0.264. The molecule has 29 heavy (non-hydrogen) atoms. The quantitative estimate of drug-likeness (QED) is 0.518. The molecule has 2 N–H and O–H groups in total. The van der Waals surface area contributed by atoms with Crippen LogP contribution >= 0.6 is 15.9 Å². The van der Waals surface area contributed by atoms with E-state index in [1.165, 1.54) is 5.56 Å². The maximum Gasteiger partial charge on any atom is 0.262 e. The lowest BCUT2D eigenvalue weighted by Gasteiger charge is -2.13. The third kappa shape index (κ3) is 6.89. The van der Waals surface area contributed by atoms with Crippen LogP contribution in [0.25, 0.3) is 0 Å². The van der Waals surface area contributed by atoms with Crippen LogP contribution < -0.4 is 15.4 Å². The van der Waals surface area contributed by atoms with Crippen molar-refractivity contribution in [3.05, 3.63) is 58.1 Å². The molecule has 2 aromatic carbocycles. The molecule has 2 unspecified atom stereocenters. The molecular weight excluding hydrogens is 432 g/mol. The van der Waals surface area contributed by atoms with Crippen molar-refractivity contribution < 1.29 is 14.3 Å². The van der Waals surface area contributed by atoms with Crippen molar-refractivity contribution in [3.63, 3.8) is 0 Å². The summed E-state index contributed by atoms with van der Waals surface area (Å²) in [6.45, 7) is 8.21. The molecule has 0 spiro atoms. The predicted octanol–water partition coefficient (Wildman–Crippen LogP) is 5.51. The lowest BCUT2D eigenvalue weighted by molar-refractivity contribution is -0.118. The number of nitrogens with one attached hydrogen (secondary N) is 2. The van der Waals surface area contributed by atoms with Gasteiger partial charge in [-0.1, -0.05) is 26.8 Å². The molecule has 0 aliphatic rings. The van der Waals surface area contributed by atoms with Crippen LogP contribution in [0.1, 0.15) is 62.4 Å². The number of carbonyl (C=O) groups is 2. The highest BCUT2D eigenvalue weighted by Gasteiger charge is 2.11. The van der Waals surface area contributed by atoms with E-state index in [1.54, 1.807) is 24.3 Å². The van der Waals surface area contributed by atoms with Crippen LogP contribution in [0, 0.1) is 0 Å². The fourth-order valence-corrected chi connectivity index (χ4v) is 3.14. The number of amides is 2. The molecule has 2 rings (SSSR count). The van der Waals surface area contributed by atoms with Crippen LogP contribution in [-0.2, 0) is 4.79 Å². The Kier molecular flexibility index (Phi) is 8.70. The van der Waals surface area contributed by atoms with Crippen LogP contribution in [0.2, 0.25) is 0 Å². The minimum Gasteiger partial charge on any atom is -0.483 e. The molecule has 0 heterocycles. The van der Waals surface area contributed by atoms with Crippen molar-refractivity contribution in [2.45, 2.75) is 52.5 Å². The van der Waals surface area contributed by atoms with E-state index in [9.17, 15) is 9.59 Å².